The van der Waals surface area contributed by atoms with Crippen LogP contribution in [0.25, 0.3) is 0 Å². The summed E-state index contributed by atoms with van der Waals surface area (Å²) in [6.07, 6.45) is 0.647. The molecule has 2 aromatic rings. The molecule has 1 aromatic carbocycles. The summed E-state index contributed by atoms with van der Waals surface area (Å²) in [7, 11) is -2.18. The van der Waals surface area contributed by atoms with Crippen LogP contribution in [-0.4, -0.2) is 59.3 Å². The topological polar surface area (TPSA) is 130 Å². The van der Waals surface area contributed by atoms with Crippen molar-refractivity contribution in [3.8, 4) is 6.01 Å². The summed E-state index contributed by atoms with van der Waals surface area (Å²) < 4.78 is 37.8. The van der Waals surface area contributed by atoms with Crippen molar-refractivity contribution in [2.45, 2.75) is 25.2 Å². The van der Waals surface area contributed by atoms with Crippen molar-refractivity contribution in [3.05, 3.63) is 40.3 Å². The number of hydrogen-bond donors (Lipinski definition) is 0. The minimum absolute atomic E-state index is 0.0475. The third-order valence-corrected chi connectivity index (χ3v) is 5.64. The summed E-state index contributed by atoms with van der Waals surface area (Å²) in [4.78, 5) is 36.7. The van der Waals surface area contributed by atoms with Gasteiger partial charge < -0.3 is 9.47 Å². The molecule has 11 nitrogen and oxygen atoms in total. The molecule has 0 spiro atoms. The molecule has 12 heteroatoms. The molecular weight excluding hydrogens is 404 g/mol. The fraction of sp³-hybridized carbons (Fsp3) is 0.412. The SMILES string of the molecule is CCCOc1nn(C(=O)N(C)S(=O)(=O)c2ccccc2C(=O)OCC)c(=O)n1C. The van der Waals surface area contributed by atoms with Gasteiger partial charge in [-0.1, -0.05) is 19.1 Å². The molecule has 0 aliphatic heterocycles. The van der Waals surface area contributed by atoms with Gasteiger partial charge in [-0.3, -0.25) is 0 Å². The van der Waals surface area contributed by atoms with E-state index < -0.39 is 32.6 Å². The van der Waals surface area contributed by atoms with Crippen molar-refractivity contribution in [2.75, 3.05) is 20.3 Å². The lowest BCUT2D eigenvalue weighted by Gasteiger charge is -2.18. The number of rotatable bonds is 7. The van der Waals surface area contributed by atoms with E-state index in [1.807, 2.05) is 6.92 Å². The first-order valence-corrected chi connectivity index (χ1v) is 10.2. The van der Waals surface area contributed by atoms with E-state index in [0.29, 0.717) is 15.4 Å². The van der Waals surface area contributed by atoms with Crippen LogP contribution in [0.5, 0.6) is 6.01 Å². The minimum atomic E-state index is -4.48. The summed E-state index contributed by atoms with van der Waals surface area (Å²) in [5.74, 6) is -0.849. The van der Waals surface area contributed by atoms with Gasteiger partial charge in [-0.2, -0.15) is 0 Å². The second-order valence-electron chi connectivity index (χ2n) is 5.86. The highest BCUT2D eigenvalue weighted by Gasteiger charge is 2.33. The number of sulfonamides is 1. The summed E-state index contributed by atoms with van der Waals surface area (Å²) in [5.41, 5.74) is -1.10. The lowest BCUT2D eigenvalue weighted by Crippen LogP contribution is -2.42. The number of benzene rings is 1. The van der Waals surface area contributed by atoms with E-state index >= 15 is 0 Å². The van der Waals surface area contributed by atoms with Gasteiger partial charge in [0.25, 0.3) is 10.0 Å². The van der Waals surface area contributed by atoms with Crippen LogP contribution >= 0.6 is 0 Å². The van der Waals surface area contributed by atoms with Crippen molar-refractivity contribution >= 4 is 22.0 Å². The first kappa shape index (κ1) is 22.1. The number of aromatic nitrogens is 3. The molecule has 2 rings (SSSR count). The highest BCUT2D eigenvalue weighted by Crippen LogP contribution is 2.21. The molecule has 1 amide bonds. The highest BCUT2D eigenvalue weighted by molar-refractivity contribution is 7.89. The molecule has 0 N–H and O–H groups in total. The minimum Gasteiger partial charge on any atom is -0.464 e. The molecule has 0 unspecified atom stereocenters. The second kappa shape index (κ2) is 8.90. The molecule has 0 fully saturated rings. The largest absolute Gasteiger partial charge is 0.464 e. The van der Waals surface area contributed by atoms with Crippen molar-refractivity contribution < 1.29 is 27.5 Å². The van der Waals surface area contributed by atoms with Crippen LogP contribution in [0.4, 0.5) is 4.79 Å². The van der Waals surface area contributed by atoms with Crippen molar-refractivity contribution in [2.24, 2.45) is 7.05 Å². The van der Waals surface area contributed by atoms with Crippen LogP contribution in [0.2, 0.25) is 0 Å². The summed E-state index contributed by atoms with van der Waals surface area (Å²) in [6, 6.07) is 3.96. The third kappa shape index (κ3) is 4.31. The summed E-state index contributed by atoms with van der Waals surface area (Å²) >= 11 is 0. The predicted octanol–water partition coefficient (Wildman–Crippen LogP) is 0.836. The van der Waals surface area contributed by atoms with Gasteiger partial charge in [0.1, 0.15) is 4.90 Å². The number of nitrogens with zero attached hydrogens (tertiary/aromatic N) is 4. The average molecular weight is 426 g/mol. The zero-order valence-electron chi connectivity index (χ0n) is 16.5. The average Bonchev–Trinajstić information content (AvgIpc) is 2.99. The Balaban J connectivity index is 2.45. The lowest BCUT2D eigenvalue weighted by molar-refractivity contribution is 0.0521. The van der Waals surface area contributed by atoms with Crippen LogP contribution in [0.15, 0.2) is 34.0 Å². The molecule has 1 aromatic heterocycles. The fourth-order valence-electron chi connectivity index (χ4n) is 2.32. The Hall–Kier alpha value is -3.15. The fourth-order valence-corrected chi connectivity index (χ4v) is 3.57. The van der Waals surface area contributed by atoms with Crippen LogP contribution < -0.4 is 10.4 Å². The number of hydrogen-bond acceptors (Lipinski definition) is 8. The molecule has 0 aliphatic carbocycles. The van der Waals surface area contributed by atoms with Crippen LogP contribution in [0, 0.1) is 0 Å². The molecule has 0 saturated carbocycles. The van der Waals surface area contributed by atoms with Crippen molar-refractivity contribution in [1.29, 1.82) is 0 Å². The Morgan fingerprint density at radius 1 is 1.21 bits per heavy atom. The van der Waals surface area contributed by atoms with Gasteiger partial charge in [-0.25, -0.2) is 31.7 Å². The van der Waals surface area contributed by atoms with Crippen LogP contribution in [0.3, 0.4) is 0 Å². The zero-order chi connectivity index (χ0) is 21.8. The summed E-state index contributed by atoms with van der Waals surface area (Å²) in [6.45, 7) is 3.74. The van der Waals surface area contributed by atoms with Crippen LogP contribution in [-0.2, 0) is 21.8 Å². The monoisotopic (exact) mass is 426 g/mol. The smallest absolute Gasteiger partial charge is 0.363 e. The normalized spacial score (nSPS) is 11.2. The number of amides is 1. The van der Waals surface area contributed by atoms with Gasteiger partial charge >= 0.3 is 23.7 Å². The van der Waals surface area contributed by atoms with Gasteiger partial charge in [-0.15, -0.1) is 9.78 Å². The molecule has 0 bridgehead atoms. The second-order valence-corrected chi connectivity index (χ2v) is 7.79. The first-order chi connectivity index (χ1) is 13.7. The maximum Gasteiger partial charge on any atom is 0.363 e. The number of esters is 1. The Kier molecular flexibility index (Phi) is 6.80. The third-order valence-electron chi connectivity index (χ3n) is 3.85. The molecule has 1 heterocycles. The van der Waals surface area contributed by atoms with Crippen molar-refractivity contribution in [1.82, 2.24) is 18.7 Å². The predicted molar refractivity (Wildman–Crippen MR) is 101 cm³/mol. The highest BCUT2D eigenvalue weighted by atomic mass is 32.2. The molecule has 0 aliphatic rings. The Bertz CT molecular complexity index is 1070. The van der Waals surface area contributed by atoms with E-state index in [2.05, 4.69) is 5.10 Å². The first-order valence-electron chi connectivity index (χ1n) is 8.75. The zero-order valence-corrected chi connectivity index (χ0v) is 17.3. The maximum atomic E-state index is 13.0. The van der Waals surface area contributed by atoms with Gasteiger partial charge in [0.2, 0.25) is 0 Å². The molecular formula is C17H22N4O7S. The molecule has 0 atom stereocenters. The molecule has 0 radical (unpaired) electrons. The van der Waals surface area contributed by atoms with E-state index in [1.54, 1.807) is 6.92 Å². The van der Waals surface area contributed by atoms with E-state index in [0.717, 1.165) is 11.6 Å². The lowest BCUT2D eigenvalue weighted by atomic mass is 10.2. The molecule has 0 saturated heterocycles. The number of ether oxygens (including phenoxy) is 2. The van der Waals surface area contributed by atoms with E-state index in [1.165, 1.54) is 31.3 Å². The van der Waals surface area contributed by atoms with Gasteiger partial charge in [-0.05, 0) is 25.5 Å². The van der Waals surface area contributed by atoms with Crippen molar-refractivity contribution in [3.63, 3.8) is 0 Å². The summed E-state index contributed by atoms with van der Waals surface area (Å²) in [5, 5.41) is 3.76. The Labute approximate surface area is 167 Å². The van der Waals surface area contributed by atoms with Gasteiger partial charge in [0, 0.05) is 14.1 Å². The van der Waals surface area contributed by atoms with E-state index in [4.69, 9.17) is 9.47 Å². The standard InChI is InChI=1S/C17H22N4O7S/c1-5-11-28-15-18-21(16(23)19(15)3)17(24)20(4)29(25,26)13-10-8-7-9-12(13)14(22)27-6-2/h7-10H,5-6,11H2,1-4H3. The van der Waals surface area contributed by atoms with Crippen LogP contribution in [0.1, 0.15) is 30.6 Å². The van der Waals surface area contributed by atoms with Gasteiger partial charge in [0.05, 0.1) is 18.8 Å². The molecule has 158 valence electrons. The Morgan fingerprint density at radius 3 is 2.48 bits per heavy atom. The van der Waals surface area contributed by atoms with E-state index in [9.17, 15) is 22.8 Å². The maximum absolute atomic E-state index is 13.0. The number of carbonyl (C=O) groups is 2. The number of carbonyl (C=O) groups excluding carboxylic acids is 2. The van der Waals surface area contributed by atoms with Gasteiger partial charge in [0.15, 0.2) is 0 Å². The van der Waals surface area contributed by atoms with E-state index in [-0.39, 0.29) is 24.8 Å². The molecule has 29 heavy (non-hydrogen) atoms. The Morgan fingerprint density at radius 2 is 1.86 bits per heavy atom. The quantitative estimate of drug-likeness (QED) is 0.595.